The van der Waals surface area contributed by atoms with Crippen molar-refractivity contribution < 1.29 is 0 Å². The minimum Gasteiger partial charge on any atom is -0.296 e. The van der Waals surface area contributed by atoms with Crippen LogP contribution in [0.25, 0.3) is 10.8 Å². The molecule has 0 fully saturated rings. The van der Waals surface area contributed by atoms with Crippen molar-refractivity contribution in [2.75, 3.05) is 20.6 Å². The Kier molecular flexibility index (Phi) is 4.49. The van der Waals surface area contributed by atoms with E-state index in [9.17, 15) is 0 Å². The summed E-state index contributed by atoms with van der Waals surface area (Å²) in [6, 6.07) is 24.2. The normalized spacial score (nSPS) is 11.8. The molecular weight excluding hydrogens is 278 g/mol. The first kappa shape index (κ1) is 15.8. The molecule has 0 radical (unpaired) electrons. The second-order valence-corrected chi connectivity index (χ2v) is 6.99. The van der Waals surface area contributed by atoms with E-state index in [2.05, 4.69) is 87.7 Å². The van der Waals surface area contributed by atoms with Crippen LogP contribution < -0.4 is 4.48 Å². The van der Waals surface area contributed by atoms with E-state index in [1.807, 2.05) is 0 Å². The smallest absolute Gasteiger partial charge is 0.132 e. The molecule has 0 aromatic heterocycles. The lowest BCUT2D eigenvalue weighted by Crippen LogP contribution is -2.41. The third kappa shape index (κ3) is 3.62. The van der Waals surface area contributed by atoms with Gasteiger partial charge < -0.3 is 0 Å². The van der Waals surface area contributed by atoms with E-state index >= 15 is 0 Å². The van der Waals surface area contributed by atoms with Gasteiger partial charge in [0.1, 0.15) is 5.69 Å². The van der Waals surface area contributed by atoms with Crippen LogP contribution in [0.3, 0.4) is 0 Å². The number of hydrogen-bond acceptors (Lipinski definition) is 0. The lowest BCUT2D eigenvalue weighted by molar-refractivity contribution is 0.390. The number of hydrogen-bond donors (Lipinski definition) is 0. The maximum absolute atomic E-state index is 2.30. The fourth-order valence-electron chi connectivity index (χ4n) is 3.31. The number of rotatable bonds is 5. The van der Waals surface area contributed by atoms with Crippen LogP contribution in [0.2, 0.25) is 0 Å². The SMILES string of the molecule is Cc1cccc([N+](C)(C)CCCc2cccc3ccccc23)c1. The number of nitrogens with zero attached hydrogens (tertiary/aromatic N) is 1. The Hall–Kier alpha value is -2.12. The molecule has 0 bridgehead atoms. The highest BCUT2D eigenvalue weighted by Crippen LogP contribution is 2.23. The zero-order chi connectivity index (χ0) is 16.3. The van der Waals surface area contributed by atoms with Gasteiger partial charge in [0.05, 0.1) is 20.6 Å². The first-order valence-electron chi connectivity index (χ1n) is 8.43. The predicted octanol–water partition coefficient (Wildman–Crippen LogP) is 5.35. The van der Waals surface area contributed by atoms with Gasteiger partial charge in [-0.05, 0) is 41.3 Å². The van der Waals surface area contributed by atoms with Gasteiger partial charge in [-0.1, -0.05) is 54.6 Å². The van der Waals surface area contributed by atoms with Gasteiger partial charge in [0.2, 0.25) is 0 Å². The van der Waals surface area contributed by atoms with Crippen LogP contribution in [-0.2, 0) is 6.42 Å². The molecule has 0 spiro atoms. The molecule has 3 rings (SSSR count). The summed E-state index contributed by atoms with van der Waals surface area (Å²) < 4.78 is 0.937. The molecule has 0 unspecified atom stereocenters. The van der Waals surface area contributed by atoms with Crippen molar-refractivity contribution in [1.82, 2.24) is 4.48 Å². The number of benzene rings is 3. The molecule has 0 saturated carbocycles. The maximum Gasteiger partial charge on any atom is 0.132 e. The molecule has 1 heteroatoms. The molecule has 0 heterocycles. The summed E-state index contributed by atoms with van der Waals surface area (Å²) >= 11 is 0. The highest BCUT2D eigenvalue weighted by molar-refractivity contribution is 5.85. The number of quaternary nitrogens is 1. The highest BCUT2D eigenvalue weighted by atomic mass is 15.3. The molecule has 3 aromatic carbocycles. The minimum atomic E-state index is 0.937. The summed E-state index contributed by atoms with van der Waals surface area (Å²) in [5.74, 6) is 0. The standard InChI is InChI=1S/C22H26N/c1-18-9-6-14-21(17-18)23(2,3)16-8-13-20-12-7-11-19-10-4-5-15-22(19)20/h4-7,9-12,14-15,17H,8,13,16H2,1-3H3/q+1. The molecule has 3 aromatic rings. The Labute approximate surface area is 139 Å². The molecule has 23 heavy (non-hydrogen) atoms. The maximum atomic E-state index is 2.30. The molecule has 0 aliphatic heterocycles. The average Bonchev–Trinajstić information content (AvgIpc) is 2.55. The summed E-state index contributed by atoms with van der Waals surface area (Å²) in [6.45, 7) is 3.31. The van der Waals surface area contributed by atoms with Gasteiger partial charge in [-0.15, -0.1) is 0 Å². The lowest BCUT2D eigenvalue weighted by atomic mass is 10.0. The highest BCUT2D eigenvalue weighted by Gasteiger charge is 2.18. The molecule has 118 valence electrons. The van der Waals surface area contributed by atoms with Gasteiger partial charge >= 0.3 is 0 Å². The van der Waals surface area contributed by atoms with E-state index in [-0.39, 0.29) is 0 Å². The van der Waals surface area contributed by atoms with Crippen LogP contribution in [0.5, 0.6) is 0 Å². The van der Waals surface area contributed by atoms with Gasteiger partial charge in [-0.25, -0.2) is 0 Å². The third-order valence-electron chi connectivity index (χ3n) is 4.74. The zero-order valence-corrected chi connectivity index (χ0v) is 14.4. The van der Waals surface area contributed by atoms with Crippen LogP contribution in [-0.4, -0.2) is 20.6 Å². The van der Waals surface area contributed by atoms with Crippen LogP contribution in [0.1, 0.15) is 17.5 Å². The Morgan fingerprint density at radius 1 is 0.826 bits per heavy atom. The fraction of sp³-hybridized carbons (Fsp3) is 0.273. The fourth-order valence-corrected chi connectivity index (χ4v) is 3.31. The molecular formula is C22H26N+. The second kappa shape index (κ2) is 6.55. The van der Waals surface area contributed by atoms with E-state index in [1.54, 1.807) is 0 Å². The van der Waals surface area contributed by atoms with Crippen LogP contribution in [0, 0.1) is 6.92 Å². The van der Waals surface area contributed by atoms with E-state index in [0.717, 1.165) is 17.4 Å². The van der Waals surface area contributed by atoms with Crippen molar-refractivity contribution in [3.05, 3.63) is 77.9 Å². The molecule has 0 amide bonds. The zero-order valence-electron chi connectivity index (χ0n) is 14.4. The average molecular weight is 304 g/mol. The third-order valence-corrected chi connectivity index (χ3v) is 4.74. The first-order valence-corrected chi connectivity index (χ1v) is 8.43. The minimum absolute atomic E-state index is 0.937. The van der Waals surface area contributed by atoms with Crippen molar-refractivity contribution in [1.29, 1.82) is 0 Å². The van der Waals surface area contributed by atoms with Crippen molar-refractivity contribution in [2.45, 2.75) is 19.8 Å². The largest absolute Gasteiger partial charge is 0.296 e. The molecule has 0 aliphatic rings. The van der Waals surface area contributed by atoms with Crippen LogP contribution in [0.15, 0.2) is 66.7 Å². The lowest BCUT2D eigenvalue weighted by Gasteiger charge is -2.29. The van der Waals surface area contributed by atoms with Gasteiger partial charge in [0.25, 0.3) is 0 Å². The Balaban J connectivity index is 1.71. The second-order valence-electron chi connectivity index (χ2n) is 6.99. The topological polar surface area (TPSA) is 0 Å². The van der Waals surface area contributed by atoms with Crippen molar-refractivity contribution in [2.24, 2.45) is 0 Å². The quantitative estimate of drug-likeness (QED) is 0.558. The summed E-state index contributed by atoms with van der Waals surface area (Å²) in [4.78, 5) is 0. The van der Waals surface area contributed by atoms with Crippen molar-refractivity contribution in [3.63, 3.8) is 0 Å². The monoisotopic (exact) mass is 304 g/mol. The molecule has 0 N–H and O–H groups in total. The van der Waals surface area contributed by atoms with Crippen LogP contribution in [0.4, 0.5) is 5.69 Å². The van der Waals surface area contributed by atoms with Gasteiger partial charge in [-0.3, -0.25) is 4.48 Å². The van der Waals surface area contributed by atoms with Crippen molar-refractivity contribution >= 4 is 16.5 Å². The van der Waals surface area contributed by atoms with E-state index in [1.165, 1.54) is 34.0 Å². The van der Waals surface area contributed by atoms with Crippen molar-refractivity contribution in [3.8, 4) is 0 Å². The molecule has 0 aliphatic carbocycles. The number of aryl methyl sites for hydroxylation is 2. The molecule has 1 nitrogen and oxygen atoms in total. The Morgan fingerprint density at radius 3 is 2.39 bits per heavy atom. The van der Waals surface area contributed by atoms with Gasteiger partial charge in [-0.2, -0.15) is 0 Å². The predicted molar refractivity (Wildman–Crippen MR) is 102 cm³/mol. The summed E-state index contributed by atoms with van der Waals surface area (Å²) in [6.07, 6.45) is 2.32. The Bertz CT molecular complexity index is 796. The Morgan fingerprint density at radius 2 is 1.57 bits per heavy atom. The molecule has 0 saturated heterocycles. The van der Waals surface area contributed by atoms with E-state index < -0.39 is 0 Å². The van der Waals surface area contributed by atoms with E-state index in [4.69, 9.17) is 0 Å². The summed E-state index contributed by atoms with van der Waals surface area (Å²) in [7, 11) is 4.61. The molecule has 0 atom stereocenters. The summed E-state index contributed by atoms with van der Waals surface area (Å²) in [5, 5.41) is 2.74. The van der Waals surface area contributed by atoms with Crippen LogP contribution >= 0.6 is 0 Å². The summed E-state index contributed by atoms with van der Waals surface area (Å²) in [5.41, 5.74) is 4.19. The van der Waals surface area contributed by atoms with Gasteiger partial charge in [0.15, 0.2) is 0 Å². The van der Waals surface area contributed by atoms with Gasteiger partial charge in [0, 0.05) is 12.5 Å². The van der Waals surface area contributed by atoms with E-state index in [0.29, 0.717) is 0 Å². The number of fused-ring (bicyclic) bond motifs is 1. The first-order chi connectivity index (χ1) is 11.1.